The van der Waals surface area contributed by atoms with Crippen LogP contribution in [0.5, 0.6) is 5.75 Å². The molecule has 0 spiro atoms. The van der Waals surface area contributed by atoms with Gasteiger partial charge in [-0.05, 0) is 43.7 Å². The van der Waals surface area contributed by atoms with Gasteiger partial charge in [0, 0.05) is 12.2 Å². The molecule has 2 rings (SSSR count). The highest BCUT2D eigenvalue weighted by Crippen LogP contribution is 2.24. The normalized spacial score (nSPS) is 10.2. The average Bonchev–Trinajstić information content (AvgIpc) is 2.52. The number of amides is 2. The van der Waals surface area contributed by atoms with E-state index in [2.05, 4.69) is 10.6 Å². The first-order chi connectivity index (χ1) is 11.0. The Morgan fingerprint density at radius 1 is 1.09 bits per heavy atom. The molecule has 0 bridgehead atoms. The fraction of sp³-hybridized carbons (Fsp3) is 0.235. The number of nitrogens with one attached hydrogen (secondary N) is 2. The number of ether oxygens (including phenoxy) is 1. The summed E-state index contributed by atoms with van der Waals surface area (Å²) in [5, 5.41) is 6.29. The molecule has 23 heavy (non-hydrogen) atoms. The highest BCUT2D eigenvalue weighted by Gasteiger charge is 2.03. The van der Waals surface area contributed by atoms with Crippen molar-refractivity contribution in [2.24, 2.45) is 0 Å². The number of halogens is 2. The lowest BCUT2D eigenvalue weighted by Gasteiger charge is -2.09. The predicted octanol–water partition coefficient (Wildman–Crippen LogP) is 4.89. The zero-order valence-corrected chi connectivity index (χ0v) is 14.2. The lowest BCUT2D eigenvalue weighted by Crippen LogP contribution is -2.30. The molecule has 0 atom stereocenters. The quantitative estimate of drug-likeness (QED) is 0.727. The fourth-order valence-electron chi connectivity index (χ4n) is 1.85. The van der Waals surface area contributed by atoms with Gasteiger partial charge in [0.05, 0.1) is 16.7 Å². The Morgan fingerprint density at radius 2 is 1.83 bits per heavy atom. The number of carbonyl (C=O) groups excluding carboxylic acids is 1. The molecule has 2 amide bonds. The number of hydrogen-bond donors (Lipinski definition) is 2. The van der Waals surface area contributed by atoms with Crippen LogP contribution >= 0.6 is 23.2 Å². The van der Waals surface area contributed by atoms with Crippen LogP contribution in [0.2, 0.25) is 10.0 Å². The van der Waals surface area contributed by atoms with Crippen LogP contribution in [0.4, 0.5) is 10.5 Å². The molecule has 122 valence electrons. The van der Waals surface area contributed by atoms with Crippen LogP contribution in [-0.2, 0) is 0 Å². The molecule has 2 aromatic carbocycles. The zero-order chi connectivity index (χ0) is 16.7. The van der Waals surface area contributed by atoms with Gasteiger partial charge < -0.3 is 15.4 Å². The molecule has 0 radical (unpaired) electrons. The molecule has 0 aromatic heterocycles. The molecule has 0 heterocycles. The Labute approximate surface area is 145 Å². The average molecular weight is 353 g/mol. The van der Waals surface area contributed by atoms with Crippen molar-refractivity contribution in [1.29, 1.82) is 0 Å². The molecule has 0 aliphatic carbocycles. The Hall–Kier alpha value is -1.91. The van der Waals surface area contributed by atoms with E-state index >= 15 is 0 Å². The van der Waals surface area contributed by atoms with Crippen LogP contribution in [-0.4, -0.2) is 19.2 Å². The summed E-state index contributed by atoms with van der Waals surface area (Å²) in [6.07, 6.45) is 0.711. The summed E-state index contributed by atoms with van der Waals surface area (Å²) in [7, 11) is 0. The van der Waals surface area contributed by atoms with Crippen LogP contribution in [0.15, 0.2) is 42.5 Å². The molecule has 0 saturated carbocycles. The van der Waals surface area contributed by atoms with Gasteiger partial charge in [0.15, 0.2) is 0 Å². The summed E-state index contributed by atoms with van der Waals surface area (Å²) in [6.45, 7) is 3.08. The topological polar surface area (TPSA) is 50.4 Å². The molecule has 0 aliphatic rings. The number of rotatable bonds is 6. The summed E-state index contributed by atoms with van der Waals surface area (Å²) in [5.74, 6) is 0.829. The predicted molar refractivity (Wildman–Crippen MR) is 94.8 cm³/mol. The molecule has 4 nitrogen and oxygen atoms in total. The van der Waals surface area contributed by atoms with Gasteiger partial charge in [-0.25, -0.2) is 4.79 Å². The number of benzene rings is 2. The Bertz CT molecular complexity index is 660. The number of hydrogen-bond acceptors (Lipinski definition) is 2. The van der Waals surface area contributed by atoms with E-state index in [9.17, 15) is 4.79 Å². The van der Waals surface area contributed by atoms with Gasteiger partial charge in [0.1, 0.15) is 5.75 Å². The SMILES string of the molecule is Cc1ccc(OCCCNC(=O)Nc2ccc(Cl)c(Cl)c2)cc1. The largest absolute Gasteiger partial charge is 0.494 e. The molecule has 0 saturated heterocycles. The molecular weight excluding hydrogens is 335 g/mol. The summed E-state index contributed by atoms with van der Waals surface area (Å²) in [5.41, 5.74) is 1.78. The van der Waals surface area contributed by atoms with Crippen molar-refractivity contribution in [2.75, 3.05) is 18.5 Å². The maximum Gasteiger partial charge on any atom is 0.319 e. The van der Waals surface area contributed by atoms with Crippen molar-refractivity contribution in [1.82, 2.24) is 5.32 Å². The highest BCUT2D eigenvalue weighted by molar-refractivity contribution is 6.42. The molecule has 6 heteroatoms. The highest BCUT2D eigenvalue weighted by atomic mass is 35.5. The third-order valence-corrected chi connectivity index (χ3v) is 3.81. The maximum absolute atomic E-state index is 11.7. The van der Waals surface area contributed by atoms with Crippen LogP contribution in [0, 0.1) is 6.92 Å². The van der Waals surface area contributed by atoms with Crippen LogP contribution in [0.1, 0.15) is 12.0 Å². The molecule has 2 N–H and O–H groups in total. The van der Waals surface area contributed by atoms with E-state index in [1.807, 2.05) is 31.2 Å². The minimum absolute atomic E-state index is 0.293. The van der Waals surface area contributed by atoms with E-state index in [-0.39, 0.29) is 6.03 Å². The van der Waals surface area contributed by atoms with Gasteiger partial charge in [0.2, 0.25) is 0 Å². The summed E-state index contributed by atoms with van der Waals surface area (Å²) < 4.78 is 5.59. The van der Waals surface area contributed by atoms with E-state index in [1.165, 1.54) is 5.56 Å². The van der Waals surface area contributed by atoms with Gasteiger partial charge in [-0.3, -0.25) is 0 Å². The molecule has 2 aromatic rings. The fourth-order valence-corrected chi connectivity index (χ4v) is 2.15. The Balaban J connectivity index is 1.64. The second-order valence-corrected chi connectivity index (χ2v) is 5.84. The van der Waals surface area contributed by atoms with Crippen molar-refractivity contribution in [3.63, 3.8) is 0 Å². The second-order valence-electron chi connectivity index (χ2n) is 5.02. The van der Waals surface area contributed by atoms with E-state index in [0.717, 1.165) is 5.75 Å². The third-order valence-electron chi connectivity index (χ3n) is 3.07. The van der Waals surface area contributed by atoms with Crippen LogP contribution in [0.3, 0.4) is 0 Å². The van der Waals surface area contributed by atoms with Crippen molar-refractivity contribution in [3.05, 3.63) is 58.1 Å². The lowest BCUT2D eigenvalue weighted by molar-refractivity contribution is 0.250. The number of carbonyl (C=O) groups is 1. The smallest absolute Gasteiger partial charge is 0.319 e. The number of aryl methyl sites for hydroxylation is 1. The molecule has 0 unspecified atom stereocenters. The van der Waals surface area contributed by atoms with Gasteiger partial charge in [-0.1, -0.05) is 40.9 Å². The molecular formula is C17H18Cl2N2O2. The first-order valence-electron chi connectivity index (χ1n) is 7.24. The minimum atomic E-state index is -0.293. The van der Waals surface area contributed by atoms with Gasteiger partial charge in [-0.15, -0.1) is 0 Å². The van der Waals surface area contributed by atoms with Crippen molar-refractivity contribution in [2.45, 2.75) is 13.3 Å². The van der Waals surface area contributed by atoms with Crippen molar-refractivity contribution >= 4 is 34.9 Å². The zero-order valence-electron chi connectivity index (χ0n) is 12.7. The Morgan fingerprint density at radius 3 is 2.52 bits per heavy atom. The van der Waals surface area contributed by atoms with Crippen LogP contribution in [0.25, 0.3) is 0 Å². The second kappa shape index (κ2) is 8.65. The summed E-state index contributed by atoms with van der Waals surface area (Å²) >= 11 is 11.7. The summed E-state index contributed by atoms with van der Waals surface area (Å²) in [6, 6.07) is 12.5. The number of urea groups is 1. The van der Waals surface area contributed by atoms with Gasteiger partial charge >= 0.3 is 6.03 Å². The van der Waals surface area contributed by atoms with E-state index in [1.54, 1.807) is 18.2 Å². The monoisotopic (exact) mass is 352 g/mol. The first-order valence-corrected chi connectivity index (χ1v) is 7.99. The molecule has 0 aliphatic heterocycles. The molecule has 0 fully saturated rings. The standard InChI is InChI=1S/C17H18Cl2N2O2/c1-12-3-6-14(7-4-12)23-10-2-9-20-17(22)21-13-5-8-15(18)16(19)11-13/h3-8,11H,2,9-10H2,1H3,(H2,20,21,22). The minimum Gasteiger partial charge on any atom is -0.494 e. The van der Waals surface area contributed by atoms with Gasteiger partial charge in [0.25, 0.3) is 0 Å². The Kier molecular flexibility index (Phi) is 6.56. The summed E-state index contributed by atoms with van der Waals surface area (Å²) in [4.78, 5) is 11.7. The van der Waals surface area contributed by atoms with Crippen LogP contribution < -0.4 is 15.4 Å². The third kappa shape index (κ3) is 6.00. The lowest BCUT2D eigenvalue weighted by atomic mass is 10.2. The van der Waals surface area contributed by atoms with Crippen molar-refractivity contribution in [3.8, 4) is 5.75 Å². The van der Waals surface area contributed by atoms with E-state index < -0.39 is 0 Å². The van der Waals surface area contributed by atoms with Gasteiger partial charge in [-0.2, -0.15) is 0 Å². The first kappa shape index (κ1) is 17.4. The maximum atomic E-state index is 11.7. The van der Waals surface area contributed by atoms with E-state index in [0.29, 0.717) is 35.3 Å². The van der Waals surface area contributed by atoms with E-state index in [4.69, 9.17) is 27.9 Å². The number of anilines is 1. The van der Waals surface area contributed by atoms with Crippen molar-refractivity contribution < 1.29 is 9.53 Å².